The minimum absolute atomic E-state index is 0.0126. The molecule has 1 unspecified atom stereocenters. The van der Waals surface area contributed by atoms with Crippen LogP contribution in [0.1, 0.15) is 12.0 Å². The van der Waals surface area contributed by atoms with Crippen molar-refractivity contribution in [1.29, 1.82) is 0 Å². The molecular formula is C11H13N3O5. The maximum absolute atomic E-state index is 11.6. The van der Waals surface area contributed by atoms with E-state index in [0.717, 1.165) is 0 Å². The van der Waals surface area contributed by atoms with Crippen molar-refractivity contribution in [2.24, 2.45) is 5.73 Å². The van der Waals surface area contributed by atoms with Crippen LogP contribution in [-0.4, -0.2) is 27.9 Å². The number of aliphatic carboxylic acids is 1. The molecule has 0 saturated carbocycles. The summed E-state index contributed by atoms with van der Waals surface area (Å²) in [7, 11) is 0. The number of aryl methyl sites for hydroxylation is 1. The summed E-state index contributed by atoms with van der Waals surface area (Å²) in [6, 6.07) is 3.00. The van der Waals surface area contributed by atoms with Gasteiger partial charge in [0.25, 0.3) is 5.69 Å². The number of carbonyl (C=O) groups is 2. The Morgan fingerprint density at radius 1 is 1.53 bits per heavy atom. The summed E-state index contributed by atoms with van der Waals surface area (Å²) in [5, 5.41) is 21.6. The second kappa shape index (κ2) is 5.91. The molecule has 1 rings (SSSR count). The van der Waals surface area contributed by atoms with Gasteiger partial charge in [-0.25, -0.2) is 0 Å². The van der Waals surface area contributed by atoms with Crippen LogP contribution in [-0.2, 0) is 9.59 Å². The van der Waals surface area contributed by atoms with Crippen LogP contribution >= 0.6 is 0 Å². The fourth-order valence-electron chi connectivity index (χ4n) is 1.40. The zero-order chi connectivity index (χ0) is 14.6. The first-order valence-electron chi connectivity index (χ1n) is 5.34. The Morgan fingerprint density at radius 3 is 2.68 bits per heavy atom. The lowest BCUT2D eigenvalue weighted by Gasteiger charge is -2.10. The van der Waals surface area contributed by atoms with E-state index in [4.69, 9.17) is 10.8 Å². The zero-order valence-electron chi connectivity index (χ0n) is 10.1. The number of nitro groups is 1. The molecule has 19 heavy (non-hydrogen) atoms. The van der Waals surface area contributed by atoms with Crippen LogP contribution in [0.4, 0.5) is 11.4 Å². The molecule has 102 valence electrons. The second-order valence-corrected chi connectivity index (χ2v) is 3.97. The summed E-state index contributed by atoms with van der Waals surface area (Å²) < 4.78 is 0. The predicted molar refractivity (Wildman–Crippen MR) is 66.7 cm³/mol. The SMILES string of the molecule is Cc1ccc(NC(=O)C(N)CC(=O)O)c([N+](=O)[O-])c1. The number of carbonyl (C=O) groups excluding carboxylic acids is 1. The van der Waals surface area contributed by atoms with E-state index < -0.39 is 29.3 Å². The van der Waals surface area contributed by atoms with Crippen molar-refractivity contribution >= 4 is 23.3 Å². The number of nitrogens with zero attached hydrogens (tertiary/aromatic N) is 1. The molecule has 4 N–H and O–H groups in total. The quantitative estimate of drug-likeness (QED) is 0.529. The monoisotopic (exact) mass is 267 g/mol. The number of hydrogen-bond acceptors (Lipinski definition) is 5. The minimum atomic E-state index is -1.27. The third kappa shape index (κ3) is 4.03. The van der Waals surface area contributed by atoms with E-state index in [1.54, 1.807) is 13.0 Å². The van der Waals surface area contributed by atoms with Gasteiger partial charge in [-0.3, -0.25) is 19.7 Å². The maximum atomic E-state index is 11.6. The van der Waals surface area contributed by atoms with E-state index >= 15 is 0 Å². The fraction of sp³-hybridized carbons (Fsp3) is 0.273. The topological polar surface area (TPSA) is 136 Å². The molecule has 0 aliphatic heterocycles. The summed E-state index contributed by atoms with van der Waals surface area (Å²) in [6.07, 6.45) is -0.550. The number of nitrogens with one attached hydrogen (secondary N) is 1. The van der Waals surface area contributed by atoms with Crippen LogP contribution < -0.4 is 11.1 Å². The lowest BCUT2D eigenvalue weighted by atomic mass is 10.1. The third-order valence-electron chi connectivity index (χ3n) is 2.34. The molecule has 0 saturated heterocycles. The van der Waals surface area contributed by atoms with Crippen LogP contribution in [0, 0.1) is 17.0 Å². The van der Waals surface area contributed by atoms with E-state index in [0.29, 0.717) is 5.56 Å². The predicted octanol–water partition coefficient (Wildman–Crippen LogP) is 0.644. The summed E-state index contributed by atoms with van der Waals surface area (Å²) in [5.41, 5.74) is 5.75. The first-order chi connectivity index (χ1) is 8.81. The first-order valence-corrected chi connectivity index (χ1v) is 5.34. The van der Waals surface area contributed by atoms with Crippen molar-refractivity contribution in [2.75, 3.05) is 5.32 Å². The summed E-state index contributed by atoms with van der Waals surface area (Å²) in [5.74, 6) is -2.00. The van der Waals surface area contributed by atoms with Crippen molar-refractivity contribution < 1.29 is 19.6 Å². The Labute approximate surface area is 108 Å². The van der Waals surface area contributed by atoms with Gasteiger partial charge in [-0.05, 0) is 18.6 Å². The van der Waals surface area contributed by atoms with Gasteiger partial charge < -0.3 is 16.2 Å². The molecule has 0 aromatic heterocycles. The maximum Gasteiger partial charge on any atom is 0.305 e. The number of rotatable bonds is 5. The highest BCUT2D eigenvalue weighted by atomic mass is 16.6. The molecule has 1 atom stereocenters. The molecule has 8 nitrogen and oxygen atoms in total. The Hall–Kier alpha value is -2.48. The number of nitrogens with two attached hydrogens (primary N) is 1. The molecule has 1 aromatic carbocycles. The fourth-order valence-corrected chi connectivity index (χ4v) is 1.40. The van der Waals surface area contributed by atoms with Gasteiger partial charge >= 0.3 is 5.97 Å². The molecular weight excluding hydrogens is 254 g/mol. The van der Waals surface area contributed by atoms with Crippen molar-refractivity contribution in [3.05, 3.63) is 33.9 Å². The summed E-state index contributed by atoms with van der Waals surface area (Å²) >= 11 is 0. The molecule has 0 aliphatic carbocycles. The van der Waals surface area contributed by atoms with Gasteiger partial charge in [0.05, 0.1) is 17.4 Å². The second-order valence-electron chi connectivity index (χ2n) is 3.97. The molecule has 0 aliphatic rings. The van der Waals surface area contributed by atoms with Gasteiger partial charge in [-0.15, -0.1) is 0 Å². The van der Waals surface area contributed by atoms with E-state index in [2.05, 4.69) is 5.32 Å². The van der Waals surface area contributed by atoms with Crippen molar-refractivity contribution in [2.45, 2.75) is 19.4 Å². The summed E-state index contributed by atoms with van der Waals surface area (Å²) in [4.78, 5) is 32.2. The molecule has 0 spiro atoms. The highest BCUT2D eigenvalue weighted by Gasteiger charge is 2.21. The number of hydrogen-bond donors (Lipinski definition) is 3. The lowest BCUT2D eigenvalue weighted by Crippen LogP contribution is -2.37. The van der Waals surface area contributed by atoms with Crippen LogP contribution in [0.5, 0.6) is 0 Å². The average Bonchev–Trinajstić information content (AvgIpc) is 2.30. The average molecular weight is 267 g/mol. The smallest absolute Gasteiger partial charge is 0.305 e. The van der Waals surface area contributed by atoms with Crippen molar-refractivity contribution in [3.63, 3.8) is 0 Å². The Kier molecular flexibility index (Phi) is 4.54. The van der Waals surface area contributed by atoms with Gasteiger partial charge in [0, 0.05) is 6.07 Å². The van der Waals surface area contributed by atoms with Crippen molar-refractivity contribution in [3.8, 4) is 0 Å². The molecule has 1 aromatic rings. The molecule has 0 heterocycles. The van der Waals surface area contributed by atoms with E-state index in [-0.39, 0.29) is 11.4 Å². The molecule has 0 radical (unpaired) electrons. The largest absolute Gasteiger partial charge is 0.481 e. The third-order valence-corrected chi connectivity index (χ3v) is 2.34. The normalized spacial score (nSPS) is 11.7. The number of amides is 1. The van der Waals surface area contributed by atoms with Gasteiger partial charge in [0.1, 0.15) is 5.69 Å². The number of carboxylic acids is 1. The molecule has 0 bridgehead atoms. The van der Waals surface area contributed by atoms with Gasteiger partial charge in [0.15, 0.2) is 0 Å². The van der Waals surface area contributed by atoms with Gasteiger partial charge in [-0.2, -0.15) is 0 Å². The molecule has 0 fully saturated rings. The summed E-state index contributed by atoms with van der Waals surface area (Å²) in [6.45, 7) is 1.68. The Bertz CT molecular complexity index is 529. The van der Waals surface area contributed by atoms with E-state index in [1.807, 2.05) is 0 Å². The zero-order valence-corrected chi connectivity index (χ0v) is 10.1. The molecule has 8 heteroatoms. The number of benzene rings is 1. The molecule has 1 amide bonds. The standard InChI is InChI=1S/C11H13N3O5/c1-6-2-3-8(9(4-6)14(18)19)13-11(17)7(12)5-10(15)16/h2-4,7H,5,12H2,1H3,(H,13,17)(H,15,16). The van der Waals surface area contributed by atoms with Gasteiger partial charge in [-0.1, -0.05) is 6.07 Å². The van der Waals surface area contributed by atoms with E-state index in [9.17, 15) is 19.7 Å². The van der Waals surface area contributed by atoms with Crippen LogP contribution in [0.2, 0.25) is 0 Å². The van der Waals surface area contributed by atoms with Crippen LogP contribution in [0.15, 0.2) is 18.2 Å². The van der Waals surface area contributed by atoms with Crippen LogP contribution in [0.3, 0.4) is 0 Å². The Morgan fingerprint density at radius 2 is 2.16 bits per heavy atom. The number of nitro benzene ring substituents is 1. The Balaban J connectivity index is 2.90. The lowest BCUT2D eigenvalue weighted by molar-refractivity contribution is -0.384. The van der Waals surface area contributed by atoms with E-state index in [1.165, 1.54) is 12.1 Å². The highest BCUT2D eigenvalue weighted by molar-refractivity contribution is 5.98. The highest BCUT2D eigenvalue weighted by Crippen LogP contribution is 2.25. The van der Waals surface area contributed by atoms with Crippen molar-refractivity contribution in [1.82, 2.24) is 0 Å². The number of carboxylic acid groups (broad SMARTS) is 1. The van der Waals surface area contributed by atoms with Crippen LogP contribution in [0.25, 0.3) is 0 Å². The minimum Gasteiger partial charge on any atom is -0.481 e. The number of anilines is 1. The first kappa shape index (κ1) is 14.6. The van der Waals surface area contributed by atoms with Gasteiger partial charge in [0.2, 0.25) is 5.91 Å².